The lowest BCUT2D eigenvalue weighted by atomic mass is 10.00. The molecule has 0 spiro atoms. The molecule has 0 atom stereocenters. The topological polar surface area (TPSA) is 21.3 Å². The van der Waals surface area contributed by atoms with Gasteiger partial charge in [-0.25, -0.2) is 0 Å². The van der Waals surface area contributed by atoms with E-state index in [1.54, 1.807) is 6.08 Å². The summed E-state index contributed by atoms with van der Waals surface area (Å²) in [5.74, 6) is 1.46. The van der Waals surface area contributed by atoms with Gasteiger partial charge in [-0.3, -0.25) is 0 Å². The Morgan fingerprint density at radius 3 is 2.80 bits per heavy atom. The summed E-state index contributed by atoms with van der Waals surface area (Å²) in [5, 5.41) is 3.60. The first-order valence-electron chi connectivity index (χ1n) is 7.47. The van der Waals surface area contributed by atoms with Gasteiger partial charge in [0.1, 0.15) is 12.4 Å². The SMILES string of the molecule is C=CCOc1ccccc1C=C(CNC1CC1)C(C)C. The van der Waals surface area contributed by atoms with Gasteiger partial charge < -0.3 is 10.1 Å². The minimum atomic E-state index is 0.536. The third-order valence-electron chi connectivity index (χ3n) is 3.53. The summed E-state index contributed by atoms with van der Waals surface area (Å²) < 4.78 is 5.72. The van der Waals surface area contributed by atoms with Crippen LogP contribution in [-0.2, 0) is 0 Å². The minimum Gasteiger partial charge on any atom is -0.489 e. The highest BCUT2D eigenvalue weighted by molar-refractivity contribution is 5.60. The highest BCUT2D eigenvalue weighted by Crippen LogP contribution is 2.24. The van der Waals surface area contributed by atoms with E-state index in [9.17, 15) is 0 Å². The molecule has 0 saturated heterocycles. The molecule has 0 heterocycles. The van der Waals surface area contributed by atoms with Gasteiger partial charge in [0.05, 0.1) is 0 Å². The molecule has 0 radical (unpaired) electrons. The second-order valence-corrected chi connectivity index (χ2v) is 5.67. The Morgan fingerprint density at radius 1 is 1.40 bits per heavy atom. The van der Waals surface area contributed by atoms with Crippen LogP contribution >= 0.6 is 0 Å². The van der Waals surface area contributed by atoms with Crippen LogP contribution in [0.1, 0.15) is 32.3 Å². The zero-order valence-corrected chi connectivity index (χ0v) is 12.6. The number of benzene rings is 1. The number of ether oxygens (including phenoxy) is 1. The Hall–Kier alpha value is -1.54. The van der Waals surface area contributed by atoms with Gasteiger partial charge >= 0.3 is 0 Å². The fraction of sp³-hybridized carbons (Fsp3) is 0.444. The second-order valence-electron chi connectivity index (χ2n) is 5.67. The van der Waals surface area contributed by atoms with Crippen molar-refractivity contribution < 1.29 is 4.74 Å². The predicted octanol–water partition coefficient (Wildman–Crippen LogP) is 4.04. The van der Waals surface area contributed by atoms with Crippen molar-refractivity contribution in [3.8, 4) is 5.75 Å². The maximum Gasteiger partial charge on any atom is 0.126 e. The molecule has 2 rings (SSSR count). The quantitative estimate of drug-likeness (QED) is 0.720. The molecular formula is C18H25NO. The van der Waals surface area contributed by atoms with Crippen molar-refractivity contribution in [3.63, 3.8) is 0 Å². The molecule has 0 aromatic heterocycles. The van der Waals surface area contributed by atoms with E-state index in [-0.39, 0.29) is 0 Å². The molecule has 1 aliphatic carbocycles. The van der Waals surface area contributed by atoms with Crippen LogP contribution in [0.15, 0.2) is 42.5 Å². The molecule has 0 amide bonds. The van der Waals surface area contributed by atoms with Gasteiger partial charge in [0.2, 0.25) is 0 Å². The lowest BCUT2D eigenvalue weighted by molar-refractivity contribution is 0.362. The number of hydrogen-bond donors (Lipinski definition) is 1. The fourth-order valence-corrected chi connectivity index (χ4v) is 2.05. The number of rotatable bonds is 8. The lowest BCUT2D eigenvalue weighted by Crippen LogP contribution is -2.21. The van der Waals surface area contributed by atoms with E-state index in [1.807, 2.05) is 12.1 Å². The molecule has 1 aliphatic rings. The molecule has 1 aromatic carbocycles. The van der Waals surface area contributed by atoms with Gasteiger partial charge in [0.25, 0.3) is 0 Å². The van der Waals surface area contributed by atoms with Gasteiger partial charge in [-0.2, -0.15) is 0 Å². The normalized spacial score (nSPS) is 15.4. The molecule has 1 aromatic rings. The van der Waals surface area contributed by atoms with Gasteiger partial charge in [-0.15, -0.1) is 0 Å². The molecule has 2 heteroatoms. The summed E-state index contributed by atoms with van der Waals surface area (Å²) >= 11 is 0. The largest absolute Gasteiger partial charge is 0.489 e. The summed E-state index contributed by atoms with van der Waals surface area (Å²) in [6, 6.07) is 8.93. The van der Waals surface area contributed by atoms with Crippen molar-refractivity contribution in [1.82, 2.24) is 5.32 Å². The Balaban J connectivity index is 2.13. The molecule has 1 saturated carbocycles. The van der Waals surface area contributed by atoms with Crippen LogP contribution in [-0.4, -0.2) is 19.2 Å². The zero-order valence-electron chi connectivity index (χ0n) is 12.6. The van der Waals surface area contributed by atoms with Gasteiger partial charge in [-0.05, 0) is 24.8 Å². The van der Waals surface area contributed by atoms with Crippen LogP contribution in [0.4, 0.5) is 0 Å². The van der Waals surface area contributed by atoms with Crippen LogP contribution in [0, 0.1) is 5.92 Å². The van der Waals surface area contributed by atoms with E-state index in [1.165, 1.54) is 18.4 Å². The Kier molecular flexibility index (Phi) is 5.42. The Morgan fingerprint density at radius 2 is 2.15 bits per heavy atom. The first-order valence-corrected chi connectivity index (χ1v) is 7.47. The third kappa shape index (κ3) is 4.53. The van der Waals surface area contributed by atoms with E-state index in [2.05, 4.69) is 44.0 Å². The van der Waals surface area contributed by atoms with Crippen LogP contribution in [0.25, 0.3) is 6.08 Å². The van der Waals surface area contributed by atoms with E-state index >= 15 is 0 Å². The Labute approximate surface area is 122 Å². The second kappa shape index (κ2) is 7.30. The van der Waals surface area contributed by atoms with Crippen LogP contribution in [0.2, 0.25) is 0 Å². The average Bonchev–Trinajstić information content (AvgIpc) is 3.26. The lowest BCUT2D eigenvalue weighted by Gasteiger charge is -2.14. The van der Waals surface area contributed by atoms with Crippen molar-refractivity contribution in [3.05, 3.63) is 48.1 Å². The van der Waals surface area contributed by atoms with E-state index < -0.39 is 0 Å². The number of nitrogens with one attached hydrogen (secondary N) is 1. The minimum absolute atomic E-state index is 0.536. The standard InChI is InChI=1S/C18H25NO/c1-4-11-20-18-8-6-5-7-15(18)12-16(14(2)3)13-19-17-9-10-17/h4-8,12,14,17,19H,1,9-11,13H2,2-3H3. The molecule has 0 bridgehead atoms. The first kappa shape index (κ1) is 14.9. The monoisotopic (exact) mass is 271 g/mol. The van der Waals surface area contributed by atoms with E-state index in [0.717, 1.165) is 23.9 Å². The van der Waals surface area contributed by atoms with Crippen LogP contribution in [0.5, 0.6) is 5.75 Å². The molecule has 1 fully saturated rings. The number of para-hydroxylation sites is 1. The van der Waals surface area contributed by atoms with Gasteiger partial charge in [0.15, 0.2) is 0 Å². The predicted molar refractivity (Wildman–Crippen MR) is 86.0 cm³/mol. The molecule has 0 aliphatic heterocycles. The maximum atomic E-state index is 5.72. The molecular weight excluding hydrogens is 246 g/mol. The van der Waals surface area contributed by atoms with E-state index in [4.69, 9.17) is 4.74 Å². The molecule has 0 unspecified atom stereocenters. The smallest absolute Gasteiger partial charge is 0.126 e. The van der Waals surface area contributed by atoms with Crippen molar-refractivity contribution in [2.75, 3.05) is 13.2 Å². The zero-order chi connectivity index (χ0) is 14.4. The summed E-state index contributed by atoms with van der Waals surface area (Å²) in [5.41, 5.74) is 2.57. The highest BCUT2D eigenvalue weighted by Gasteiger charge is 2.20. The summed E-state index contributed by atoms with van der Waals surface area (Å²) in [4.78, 5) is 0. The third-order valence-corrected chi connectivity index (χ3v) is 3.53. The van der Waals surface area contributed by atoms with Crippen molar-refractivity contribution >= 4 is 6.08 Å². The first-order chi connectivity index (χ1) is 9.70. The number of hydrogen-bond acceptors (Lipinski definition) is 2. The average molecular weight is 271 g/mol. The van der Waals surface area contributed by atoms with Crippen molar-refractivity contribution in [2.45, 2.75) is 32.7 Å². The summed E-state index contributed by atoms with van der Waals surface area (Å²) in [6.45, 7) is 9.70. The van der Waals surface area contributed by atoms with Gasteiger partial charge in [0, 0.05) is 18.2 Å². The summed E-state index contributed by atoms with van der Waals surface area (Å²) in [6.07, 6.45) is 6.69. The van der Waals surface area contributed by atoms with Gasteiger partial charge in [-0.1, -0.05) is 56.4 Å². The molecule has 108 valence electrons. The Bertz CT molecular complexity index is 472. The molecule has 2 nitrogen and oxygen atoms in total. The maximum absolute atomic E-state index is 5.72. The van der Waals surface area contributed by atoms with E-state index in [0.29, 0.717) is 12.5 Å². The molecule has 20 heavy (non-hydrogen) atoms. The fourth-order valence-electron chi connectivity index (χ4n) is 2.05. The van der Waals surface area contributed by atoms with Crippen LogP contribution in [0.3, 0.4) is 0 Å². The van der Waals surface area contributed by atoms with Crippen molar-refractivity contribution in [2.24, 2.45) is 5.92 Å². The van der Waals surface area contributed by atoms with Crippen LogP contribution < -0.4 is 10.1 Å². The molecule has 1 N–H and O–H groups in total. The highest BCUT2D eigenvalue weighted by atomic mass is 16.5. The summed E-state index contributed by atoms with van der Waals surface area (Å²) in [7, 11) is 0. The van der Waals surface area contributed by atoms with Crippen molar-refractivity contribution in [1.29, 1.82) is 0 Å².